The minimum absolute atomic E-state index is 0.227. The van der Waals surface area contributed by atoms with Crippen molar-refractivity contribution in [2.24, 2.45) is 7.05 Å². The summed E-state index contributed by atoms with van der Waals surface area (Å²) in [5.41, 5.74) is 2.68. The van der Waals surface area contributed by atoms with Crippen LogP contribution in [-0.2, 0) is 30.2 Å². The van der Waals surface area contributed by atoms with Gasteiger partial charge in [-0.15, -0.1) is 0 Å². The number of piperazine rings is 1. The van der Waals surface area contributed by atoms with Gasteiger partial charge in [0.05, 0.1) is 17.5 Å². The van der Waals surface area contributed by atoms with E-state index in [1.54, 1.807) is 42.0 Å². The molecule has 1 fully saturated rings. The molecule has 39 heavy (non-hydrogen) atoms. The van der Waals surface area contributed by atoms with Crippen molar-refractivity contribution in [2.45, 2.75) is 31.3 Å². The number of rotatable bonds is 8. The Balaban J connectivity index is 1.31. The number of hydrogen-bond acceptors (Lipinski definition) is 6. The molecule has 2 aromatic heterocycles. The van der Waals surface area contributed by atoms with Crippen LogP contribution in [0.3, 0.4) is 0 Å². The van der Waals surface area contributed by atoms with Crippen LogP contribution in [0.5, 0.6) is 5.75 Å². The Hall–Kier alpha value is -3.67. The van der Waals surface area contributed by atoms with E-state index < -0.39 is 10.0 Å². The standard InChI is InChI=1S/C28H33N5O5S/c1-4-13-33-25-18-24(29-26(25)27(34)30(2)28(33)35)21-7-11-23(12-8-21)39(36,37)32-16-14-31(15-17-32)19-20-5-9-22(38-3)10-6-20/h5-12,18,29H,4,13-17,19H2,1-3H3. The summed E-state index contributed by atoms with van der Waals surface area (Å²) in [5, 5.41) is 0. The Morgan fingerprint density at radius 1 is 0.949 bits per heavy atom. The normalized spacial score (nSPS) is 15.2. The Morgan fingerprint density at radius 2 is 1.62 bits per heavy atom. The molecule has 0 bridgehead atoms. The van der Waals surface area contributed by atoms with Crippen LogP contribution in [0.15, 0.2) is 69.1 Å². The molecule has 2 aromatic carbocycles. The molecule has 1 aliphatic rings. The van der Waals surface area contributed by atoms with E-state index in [2.05, 4.69) is 9.88 Å². The van der Waals surface area contributed by atoms with Gasteiger partial charge in [-0.1, -0.05) is 31.2 Å². The number of aromatic nitrogens is 3. The number of aryl methyl sites for hydroxylation is 1. The number of hydrogen-bond donors (Lipinski definition) is 1. The zero-order chi connectivity index (χ0) is 27.7. The smallest absolute Gasteiger partial charge is 0.331 e. The van der Waals surface area contributed by atoms with E-state index in [1.807, 2.05) is 31.2 Å². The zero-order valence-corrected chi connectivity index (χ0v) is 23.2. The van der Waals surface area contributed by atoms with Crippen LogP contribution in [0.1, 0.15) is 18.9 Å². The molecule has 0 amide bonds. The molecule has 0 aliphatic carbocycles. The number of fused-ring (bicyclic) bond motifs is 1. The van der Waals surface area contributed by atoms with Crippen molar-refractivity contribution in [3.8, 4) is 17.0 Å². The molecule has 206 valence electrons. The van der Waals surface area contributed by atoms with Crippen molar-refractivity contribution in [1.82, 2.24) is 23.3 Å². The van der Waals surface area contributed by atoms with E-state index in [1.165, 1.54) is 11.4 Å². The molecule has 0 unspecified atom stereocenters. The van der Waals surface area contributed by atoms with E-state index in [-0.39, 0.29) is 16.1 Å². The fourth-order valence-corrected chi connectivity index (χ4v) is 6.45. The average Bonchev–Trinajstić information content (AvgIpc) is 3.40. The summed E-state index contributed by atoms with van der Waals surface area (Å²) in [5.74, 6) is 0.811. The summed E-state index contributed by atoms with van der Waals surface area (Å²) >= 11 is 0. The highest BCUT2D eigenvalue weighted by molar-refractivity contribution is 7.89. The van der Waals surface area contributed by atoms with Gasteiger partial charge in [-0.05, 0) is 47.9 Å². The molecule has 1 aliphatic heterocycles. The second-order valence-corrected chi connectivity index (χ2v) is 11.7. The summed E-state index contributed by atoms with van der Waals surface area (Å²) in [6.07, 6.45) is 0.746. The summed E-state index contributed by atoms with van der Waals surface area (Å²) in [7, 11) is -0.535. The van der Waals surface area contributed by atoms with Crippen LogP contribution in [0, 0.1) is 0 Å². The van der Waals surface area contributed by atoms with Crippen LogP contribution in [0.4, 0.5) is 0 Å². The maximum absolute atomic E-state index is 13.4. The fraction of sp³-hybridized carbons (Fsp3) is 0.357. The van der Waals surface area contributed by atoms with Crippen molar-refractivity contribution in [2.75, 3.05) is 33.3 Å². The molecule has 5 rings (SSSR count). The molecule has 3 heterocycles. The maximum atomic E-state index is 13.4. The summed E-state index contributed by atoms with van der Waals surface area (Å²) in [6, 6.07) is 16.3. The monoisotopic (exact) mass is 551 g/mol. The molecule has 0 atom stereocenters. The first kappa shape index (κ1) is 26.9. The van der Waals surface area contributed by atoms with E-state index in [4.69, 9.17) is 4.74 Å². The Labute approximate surface area is 227 Å². The lowest BCUT2D eigenvalue weighted by Crippen LogP contribution is -2.48. The quantitative estimate of drug-likeness (QED) is 0.361. The second kappa shape index (κ2) is 10.8. The van der Waals surface area contributed by atoms with Crippen LogP contribution in [-0.4, -0.2) is 65.0 Å². The van der Waals surface area contributed by atoms with Gasteiger partial charge in [0.2, 0.25) is 10.0 Å². The Bertz CT molecular complexity index is 1690. The number of nitrogens with one attached hydrogen (secondary N) is 1. The topological polar surface area (TPSA) is 110 Å². The minimum Gasteiger partial charge on any atom is -0.497 e. The molecule has 0 saturated carbocycles. The van der Waals surface area contributed by atoms with Gasteiger partial charge >= 0.3 is 5.69 Å². The van der Waals surface area contributed by atoms with Crippen molar-refractivity contribution in [3.63, 3.8) is 0 Å². The van der Waals surface area contributed by atoms with E-state index in [0.29, 0.717) is 49.5 Å². The predicted molar refractivity (Wildman–Crippen MR) is 151 cm³/mol. The first-order chi connectivity index (χ1) is 18.7. The lowest BCUT2D eigenvalue weighted by molar-refractivity contribution is 0.181. The molecule has 4 aromatic rings. The van der Waals surface area contributed by atoms with Crippen molar-refractivity contribution in [3.05, 3.63) is 81.0 Å². The molecule has 1 saturated heterocycles. The summed E-state index contributed by atoms with van der Waals surface area (Å²) in [4.78, 5) is 30.9. The highest BCUT2D eigenvalue weighted by Crippen LogP contribution is 2.26. The number of aromatic amines is 1. The average molecular weight is 552 g/mol. The van der Waals surface area contributed by atoms with Crippen molar-refractivity contribution >= 4 is 21.1 Å². The fourth-order valence-electron chi connectivity index (χ4n) is 5.03. The van der Waals surface area contributed by atoms with E-state index in [0.717, 1.165) is 34.4 Å². The van der Waals surface area contributed by atoms with E-state index in [9.17, 15) is 18.0 Å². The SMILES string of the molecule is CCCn1c(=O)n(C)c(=O)c2[nH]c(-c3ccc(S(=O)(=O)N4CCN(Cc5ccc(OC)cc5)CC4)cc3)cc21. The summed E-state index contributed by atoms with van der Waals surface area (Å²) in [6.45, 7) is 5.34. The molecule has 1 N–H and O–H groups in total. The Morgan fingerprint density at radius 3 is 2.23 bits per heavy atom. The van der Waals surface area contributed by atoms with Gasteiger partial charge in [-0.25, -0.2) is 13.2 Å². The predicted octanol–water partition coefficient (Wildman–Crippen LogP) is 2.62. The van der Waals surface area contributed by atoms with Gasteiger partial charge in [0.1, 0.15) is 11.3 Å². The van der Waals surface area contributed by atoms with Gasteiger partial charge in [-0.2, -0.15) is 4.31 Å². The Kier molecular flexibility index (Phi) is 7.48. The number of sulfonamides is 1. The molecule has 0 spiro atoms. The van der Waals surface area contributed by atoms with Crippen LogP contribution in [0.25, 0.3) is 22.3 Å². The van der Waals surface area contributed by atoms with Gasteiger partial charge < -0.3 is 9.72 Å². The van der Waals surface area contributed by atoms with Crippen molar-refractivity contribution < 1.29 is 13.2 Å². The third-order valence-electron chi connectivity index (χ3n) is 7.27. The van der Waals surface area contributed by atoms with Gasteiger partial charge in [-0.3, -0.25) is 18.8 Å². The van der Waals surface area contributed by atoms with Crippen molar-refractivity contribution in [1.29, 1.82) is 0 Å². The molecular weight excluding hydrogens is 518 g/mol. The lowest BCUT2D eigenvalue weighted by Gasteiger charge is -2.34. The zero-order valence-electron chi connectivity index (χ0n) is 22.4. The van der Waals surface area contributed by atoms with Crippen LogP contribution < -0.4 is 16.0 Å². The minimum atomic E-state index is -3.64. The lowest BCUT2D eigenvalue weighted by atomic mass is 10.1. The largest absolute Gasteiger partial charge is 0.497 e. The highest BCUT2D eigenvalue weighted by Gasteiger charge is 2.28. The van der Waals surface area contributed by atoms with Gasteiger partial charge in [0, 0.05) is 52.0 Å². The molecule has 11 heteroatoms. The molecular formula is C28H33N5O5S. The van der Waals surface area contributed by atoms with E-state index >= 15 is 0 Å². The number of H-pyrrole nitrogens is 1. The first-order valence-corrected chi connectivity index (χ1v) is 14.5. The molecule has 0 radical (unpaired) electrons. The van der Waals surface area contributed by atoms with Gasteiger partial charge in [0.15, 0.2) is 0 Å². The number of benzene rings is 2. The third kappa shape index (κ3) is 5.17. The van der Waals surface area contributed by atoms with Crippen LogP contribution in [0.2, 0.25) is 0 Å². The van der Waals surface area contributed by atoms with Crippen LogP contribution >= 0.6 is 0 Å². The first-order valence-electron chi connectivity index (χ1n) is 13.0. The maximum Gasteiger partial charge on any atom is 0.331 e. The number of ether oxygens (including phenoxy) is 1. The number of nitrogens with zero attached hydrogens (tertiary/aromatic N) is 4. The third-order valence-corrected chi connectivity index (χ3v) is 9.18. The molecule has 10 nitrogen and oxygen atoms in total. The summed E-state index contributed by atoms with van der Waals surface area (Å²) < 4.78 is 36.1. The highest BCUT2D eigenvalue weighted by atomic mass is 32.2. The second-order valence-electron chi connectivity index (χ2n) is 9.79. The van der Waals surface area contributed by atoms with Gasteiger partial charge in [0.25, 0.3) is 5.56 Å². The number of methoxy groups -OCH3 is 1.